The first-order valence-corrected chi connectivity index (χ1v) is 12.2. The molecule has 0 bridgehead atoms. The third-order valence-corrected chi connectivity index (χ3v) is 7.43. The molecule has 1 saturated heterocycles. The summed E-state index contributed by atoms with van der Waals surface area (Å²) in [6.45, 7) is 1.04. The van der Waals surface area contributed by atoms with Gasteiger partial charge >= 0.3 is 0 Å². The van der Waals surface area contributed by atoms with Crippen LogP contribution < -0.4 is 15.4 Å². The Hall–Kier alpha value is -2.98. The Balaban J connectivity index is 1.38. The molecule has 1 aliphatic rings. The molecule has 0 aliphatic carbocycles. The molecule has 10 heteroatoms. The molecule has 33 heavy (non-hydrogen) atoms. The number of carbonyl (C=O) groups excluding carboxylic acids is 2. The van der Waals surface area contributed by atoms with Gasteiger partial charge in [-0.2, -0.15) is 4.31 Å². The molecule has 1 heterocycles. The first-order chi connectivity index (χ1) is 15.8. The van der Waals surface area contributed by atoms with Crippen molar-refractivity contribution in [2.45, 2.75) is 24.2 Å². The molecule has 2 aromatic rings. The highest BCUT2D eigenvalue weighted by atomic mass is 32.2. The predicted octanol–water partition coefficient (Wildman–Crippen LogP) is 1.71. The number of nitrogens with one attached hydrogen (secondary N) is 2. The monoisotopic (exact) mass is 477 g/mol. The quantitative estimate of drug-likeness (QED) is 0.535. The fourth-order valence-electron chi connectivity index (χ4n) is 3.68. The van der Waals surface area contributed by atoms with Crippen molar-refractivity contribution in [1.29, 1.82) is 0 Å². The van der Waals surface area contributed by atoms with Crippen LogP contribution in [0.25, 0.3) is 0 Å². The Kier molecular flexibility index (Phi) is 8.40. The summed E-state index contributed by atoms with van der Waals surface area (Å²) in [4.78, 5) is 24.6. The highest BCUT2D eigenvalue weighted by Crippen LogP contribution is 2.25. The molecule has 1 fully saturated rings. The van der Waals surface area contributed by atoms with E-state index in [1.165, 1.54) is 35.7 Å². The first-order valence-electron chi connectivity index (χ1n) is 10.7. The van der Waals surface area contributed by atoms with Crippen molar-refractivity contribution >= 4 is 21.8 Å². The second kappa shape index (κ2) is 11.2. The Morgan fingerprint density at radius 1 is 1.06 bits per heavy atom. The fourth-order valence-corrected chi connectivity index (χ4v) is 5.15. The van der Waals surface area contributed by atoms with Gasteiger partial charge in [0.05, 0.1) is 18.4 Å². The van der Waals surface area contributed by atoms with Crippen LogP contribution in [-0.2, 0) is 26.0 Å². The maximum absolute atomic E-state index is 13.2. The van der Waals surface area contributed by atoms with E-state index in [1.54, 1.807) is 24.3 Å². The Morgan fingerprint density at radius 3 is 2.36 bits per heavy atom. The van der Waals surface area contributed by atoms with Crippen LogP contribution >= 0.6 is 0 Å². The summed E-state index contributed by atoms with van der Waals surface area (Å²) in [5.41, 5.74) is 0.577. The van der Waals surface area contributed by atoms with Crippen LogP contribution in [0.5, 0.6) is 5.75 Å². The number of rotatable bonds is 9. The molecular weight excluding hydrogens is 449 g/mol. The van der Waals surface area contributed by atoms with Crippen molar-refractivity contribution in [3.05, 3.63) is 59.9 Å². The Bertz CT molecular complexity index is 1070. The average molecular weight is 478 g/mol. The molecule has 2 amide bonds. The van der Waals surface area contributed by atoms with Gasteiger partial charge in [-0.1, -0.05) is 12.1 Å². The van der Waals surface area contributed by atoms with Gasteiger partial charge in [0, 0.05) is 32.1 Å². The molecule has 8 nitrogen and oxygen atoms in total. The molecule has 2 N–H and O–H groups in total. The van der Waals surface area contributed by atoms with Gasteiger partial charge in [0.2, 0.25) is 21.8 Å². The number of amides is 2. The molecule has 178 valence electrons. The zero-order valence-corrected chi connectivity index (χ0v) is 19.2. The van der Waals surface area contributed by atoms with Crippen LogP contribution in [0.1, 0.15) is 18.4 Å². The molecule has 0 saturated carbocycles. The Morgan fingerprint density at radius 2 is 1.73 bits per heavy atom. The molecule has 1 aliphatic heterocycles. The molecule has 0 aromatic heterocycles. The van der Waals surface area contributed by atoms with Crippen molar-refractivity contribution in [1.82, 2.24) is 14.9 Å². The molecule has 0 radical (unpaired) electrons. The predicted molar refractivity (Wildman–Crippen MR) is 121 cm³/mol. The number of methoxy groups -OCH3 is 1. The summed E-state index contributed by atoms with van der Waals surface area (Å²) in [6, 6.07) is 12.1. The number of benzene rings is 2. The maximum atomic E-state index is 13.2. The van der Waals surface area contributed by atoms with Crippen LogP contribution in [0.2, 0.25) is 0 Å². The van der Waals surface area contributed by atoms with E-state index < -0.39 is 15.8 Å². The van der Waals surface area contributed by atoms with Gasteiger partial charge in [-0.25, -0.2) is 12.8 Å². The second-order valence-corrected chi connectivity index (χ2v) is 9.74. The number of hydrogen-bond acceptors (Lipinski definition) is 5. The summed E-state index contributed by atoms with van der Waals surface area (Å²) in [5.74, 6) is -0.511. The third kappa shape index (κ3) is 6.75. The lowest BCUT2D eigenvalue weighted by atomic mass is 9.97. The van der Waals surface area contributed by atoms with Crippen LogP contribution in [0, 0.1) is 11.7 Å². The van der Waals surface area contributed by atoms with Crippen LogP contribution in [0.15, 0.2) is 53.4 Å². The van der Waals surface area contributed by atoms with Crippen molar-refractivity contribution in [3.8, 4) is 5.75 Å². The minimum atomic E-state index is -3.62. The van der Waals surface area contributed by atoms with E-state index in [4.69, 9.17) is 4.74 Å². The highest BCUT2D eigenvalue weighted by Gasteiger charge is 2.32. The standard InChI is InChI=1S/C23H28FN3O5S/c1-32-20-5-7-21(8-6-20)33(30,31)27-13-9-18(10-14-27)23(29)26-12-11-25-22(28)16-17-3-2-4-19(24)15-17/h2-8,15,18H,9-14,16H2,1H3,(H,25,28)(H,26,29). The van der Waals surface area contributed by atoms with E-state index in [-0.39, 0.29) is 55.2 Å². The summed E-state index contributed by atoms with van der Waals surface area (Å²) >= 11 is 0. The van der Waals surface area contributed by atoms with Crippen LogP contribution in [0.4, 0.5) is 4.39 Å². The number of hydrogen-bond donors (Lipinski definition) is 2. The minimum Gasteiger partial charge on any atom is -0.497 e. The minimum absolute atomic E-state index is 0.0623. The van der Waals surface area contributed by atoms with E-state index in [9.17, 15) is 22.4 Å². The molecule has 2 aromatic carbocycles. The van der Waals surface area contributed by atoms with E-state index in [0.29, 0.717) is 24.2 Å². The molecular formula is C23H28FN3O5S. The van der Waals surface area contributed by atoms with Crippen LogP contribution in [-0.4, -0.2) is 57.8 Å². The fraction of sp³-hybridized carbons (Fsp3) is 0.391. The summed E-state index contributed by atoms with van der Waals surface area (Å²) in [7, 11) is -2.11. The van der Waals surface area contributed by atoms with Crippen molar-refractivity contribution in [3.63, 3.8) is 0 Å². The summed E-state index contributed by atoms with van der Waals surface area (Å²) < 4.78 is 45.3. The van der Waals surface area contributed by atoms with Crippen LogP contribution in [0.3, 0.4) is 0 Å². The lowest BCUT2D eigenvalue weighted by Gasteiger charge is -2.30. The number of nitrogens with zero attached hydrogens (tertiary/aromatic N) is 1. The van der Waals surface area contributed by atoms with E-state index in [2.05, 4.69) is 10.6 Å². The van der Waals surface area contributed by atoms with Gasteiger partial charge in [0.25, 0.3) is 0 Å². The first kappa shape index (κ1) is 24.7. The van der Waals surface area contributed by atoms with Gasteiger partial charge in [-0.3, -0.25) is 9.59 Å². The zero-order chi connectivity index (χ0) is 23.8. The summed E-state index contributed by atoms with van der Waals surface area (Å²) in [5, 5.41) is 5.47. The summed E-state index contributed by atoms with van der Waals surface area (Å²) in [6.07, 6.45) is 0.910. The number of sulfonamides is 1. The average Bonchev–Trinajstić information content (AvgIpc) is 2.82. The zero-order valence-electron chi connectivity index (χ0n) is 18.4. The normalized spacial score (nSPS) is 15.1. The largest absolute Gasteiger partial charge is 0.497 e. The number of carbonyl (C=O) groups is 2. The number of piperidine rings is 1. The van der Waals surface area contributed by atoms with Gasteiger partial charge in [-0.15, -0.1) is 0 Å². The van der Waals surface area contributed by atoms with E-state index in [1.807, 2.05) is 0 Å². The molecule has 0 atom stereocenters. The molecule has 0 unspecified atom stereocenters. The third-order valence-electron chi connectivity index (χ3n) is 5.52. The lowest BCUT2D eigenvalue weighted by Crippen LogP contribution is -2.44. The maximum Gasteiger partial charge on any atom is 0.243 e. The smallest absolute Gasteiger partial charge is 0.243 e. The topological polar surface area (TPSA) is 105 Å². The van der Waals surface area contributed by atoms with Crippen molar-refractivity contribution in [2.24, 2.45) is 5.92 Å². The van der Waals surface area contributed by atoms with E-state index in [0.717, 1.165) is 0 Å². The Labute approximate surface area is 193 Å². The highest BCUT2D eigenvalue weighted by molar-refractivity contribution is 7.89. The van der Waals surface area contributed by atoms with Gasteiger partial charge in [-0.05, 0) is 54.8 Å². The molecule has 3 rings (SSSR count). The van der Waals surface area contributed by atoms with E-state index >= 15 is 0 Å². The van der Waals surface area contributed by atoms with Gasteiger partial charge in [0.1, 0.15) is 11.6 Å². The number of ether oxygens (including phenoxy) is 1. The van der Waals surface area contributed by atoms with Crippen molar-refractivity contribution in [2.75, 3.05) is 33.3 Å². The second-order valence-electron chi connectivity index (χ2n) is 7.80. The van der Waals surface area contributed by atoms with Crippen molar-refractivity contribution < 1.29 is 27.1 Å². The SMILES string of the molecule is COc1ccc(S(=O)(=O)N2CCC(C(=O)NCCNC(=O)Cc3cccc(F)c3)CC2)cc1. The number of halogens is 1. The lowest BCUT2D eigenvalue weighted by molar-refractivity contribution is -0.126. The molecule has 0 spiro atoms. The van der Waals surface area contributed by atoms with Gasteiger partial charge in [0.15, 0.2) is 0 Å². The van der Waals surface area contributed by atoms with Gasteiger partial charge < -0.3 is 15.4 Å².